The quantitative estimate of drug-likeness (QED) is 0.867. The fraction of sp³-hybridized carbons (Fsp3) is 0.462. The number of nitrogens with zero attached hydrogens (tertiary/aromatic N) is 1. The second kappa shape index (κ2) is 5.37. The minimum Gasteiger partial charge on any atom is -0.354 e. The van der Waals surface area contributed by atoms with E-state index in [0.29, 0.717) is 10.9 Å². The molecule has 2 N–H and O–H groups in total. The van der Waals surface area contributed by atoms with E-state index in [1.54, 1.807) is 6.07 Å². The first-order chi connectivity index (χ1) is 8.50. The zero-order chi connectivity index (χ0) is 13.3. The maximum Gasteiger partial charge on any atom is 0.195 e. The van der Waals surface area contributed by atoms with Crippen LogP contribution in [0.25, 0.3) is 0 Å². The van der Waals surface area contributed by atoms with Gasteiger partial charge in [0.1, 0.15) is 0 Å². The number of guanidine groups is 1. The Kier molecular flexibility index (Phi) is 4.03. The highest BCUT2D eigenvalue weighted by Crippen LogP contribution is 2.37. The minimum atomic E-state index is 0.355. The van der Waals surface area contributed by atoms with Crippen molar-refractivity contribution in [3.8, 4) is 0 Å². The second-order valence-electron chi connectivity index (χ2n) is 4.69. The number of rotatable bonds is 2. The van der Waals surface area contributed by atoms with E-state index in [-0.39, 0.29) is 0 Å². The smallest absolute Gasteiger partial charge is 0.195 e. The summed E-state index contributed by atoms with van der Waals surface area (Å²) in [5.74, 6) is 1.13. The molecular weight excluding hydrogens is 269 g/mol. The topological polar surface area (TPSA) is 36.4 Å². The molecule has 1 heterocycles. The van der Waals surface area contributed by atoms with Crippen molar-refractivity contribution in [2.45, 2.75) is 26.7 Å². The zero-order valence-corrected chi connectivity index (χ0v) is 12.3. The Hall–Kier alpha value is -0.930. The highest BCUT2D eigenvalue weighted by Gasteiger charge is 2.17. The van der Waals surface area contributed by atoms with Crippen LogP contribution in [0.1, 0.15) is 30.9 Å². The van der Waals surface area contributed by atoms with Crippen LogP contribution in [-0.4, -0.2) is 19.0 Å². The SMILES string of the molecule is Cc1c(NC2=NCCN2)c(Cl)cc(Cl)c1C(C)C. The van der Waals surface area contributed by atoms with Gasteiger partial charge in [0, 0.05) is 11.6 Å². The molecule has 1 aromatic rings. The van der Waals surface area contributed by atoms with E-state index in [2.05, 4.69) is 29.5 Å². The Morgan fingerprint density at radius 2 is 2.06 bits per heavy atom. The van der Waals surface area contributed by atoms with Crippen LogP contribution >= 0.6 is 23.2 Å². The van der Waals surface area contributed by atoms with Crippen LogP contribution in [0.2, 0.25) is 10.0 Å². The molecule has 0 bridgehead atoms. The summed E-state index contributed by atoms with van der Waals surface area (Å²) < 4.78 is 0. The van der Waals surface area contributed by atoms with Gasteiger partial charge in [-0.05, 0) is 30.0 Å². The summed E-state index contributed by atoms with van der Waals surface area (Å²) in [6.45, 7) is 7.94. The van der Waals surface area contributed by atoms with E-state index in [0.717, 1.165) is 40.9 Å². The molecule has 2 rings (SSSR count). The van der Waals surface area contributed by atoms with E-state index >= 15 is 0 Å². The van der Waals surface area contributed by atoms with Crippen molar-refractivity contribution < 1.29 is 0 Å². The molecule has 1 aliphatic heterocycles. The van der Waals surface area contributed by atoms with Gasteiger partial charge in [-0.1, -0.05) is 37.0 Å². The highest BCUT2D eigenvalue weighted by atomic mass is 35.5. The summed E-state index contributed by atoms with van der Waals surface area (Å²) in [5.41, 5.74) is 3.10. The van der Waals surface area contributed by atoms with Gasteiger partial charge in [0.25, 0.3) is 0 Å². The van der Waals surface area contributed by atoms with Crippen LogP contribution in [0.5, 0.6) is 0 Å². The molecule has 0 aliphatic carbocycles. The monoisotopic (exact) mass is 285 g/mol. The maximum absolute atomic E-state index is 6.26. The molecule has 98 valence electrons. The van der Waals surface area contributed by atoms with Gasteiger partial charge < -0.3 is 10.6 Å². The average molecular weight is 286 g/mol. The number of nitrogens with one attached hydrogen (secondary N) is 2. The largest absolute Gasteiger partial charge is 0.354 e. The summed E-state index contributed by atoms with van der Waals surface area (Å²) in [6.07, 6.45) is 0. The summed E-state index contributed by atoms with van der Waals surface area (Å²) in [6, 6.07) is 1.79. The first-order valence-corrected chi connectivity index (χ1v) is 6.80. The van der Waals surface area contributed by atoms with Gasteiger partial charge in [-0.3, -0.25) is 4.99 Å². The lowest BCUT2D eigenvalue weighted by molar-refractivity contribution is 0.857. The number of hydrogen-bond donors (Lipinski definition) is 2. The molecule has 18 heavy (non-hydrogen) atoms. The summed E-state index contributed by atoms with van der Waals surface area (Å²) in [5, 5.41) is 7.76. The van der Waals surface area contributed by atoms with Gasteiger partial charge in [0.15, 0.2) is 5.96 Å². The van der Waals surface area contributed by atoms with E-state index in [4.69, 9.17) is 23.2 Å². The van der Waals surface area contributed by atoms with Gasteiger partial charge in [0.05, 0.1) is 17.3 Å². The number of benzene rings is 1. The molecule has 3 nitrogen and oxygen atoms in total. The minimum absolute atomic E-state index is 0.355. The summed E-state index contributed by atoms with van der Waals surface area (Å²) >= 11 is 12.5. The third-order valence-corrected chi connectivity index (χ3v) is 3.63. The molecule has 5 heteroatoms. The molecule has 0 radical (unpaired) electrons. The van der Waals surface area contributed by atoms with Crippen LogP contribution in [0.3, 0.4) is 0 Å². The molecule has 0 fully saturated rings. The van der Waals surface area contributed by atoms with Gasteiger partial charge in [-0.25, -0.2) is 0 Å². The molecule has 0 spiro atoms. The standard InChI is InChI=1S/C13H17Cl2N3/c1-7(2)11-8(3)12(10(15)6-9(11)14)18-13-16-4-5-17-13/h6-7H,4-5H2,1-3H3,(H2,16,17,18). The molecule has 0 atom stereocenters. The van der Waals surface area contributed by atoms with Crippen molar-refractivity contribution in [3.05, 3.63) is 27.2 Å². The number of aliphatic imine (C=N–C) groups is 1. The molecule has 0 aromatic heterocycles. The highest BCUT2D eigenvalue weighted by molar-refractivity contribution is 6.37. The third-order valence-electron chi connectivity index (χ3n) is 3.02. The van der Waals surface area contributed by atoms with Gasteiger partial charge in [-0.15, -0.1) is 0 Å². The Balaban J connectivity index is 2.42. The van der Waals surface area contributed by atoms with Crippen LogP contribution in [0.15, 0.2) is 11.1 Å². The predicted molar refractivity (Wildman–Crippen MR) is 79.2 cm³/mol. The molecule has 0 unspecified atom stereocenters. The maximum atomic E-state index is 6.26. The molecule has 0 saturated carbocycles. The van der Waals surface area contributed by atoms with Crippen molar-refractivity contribution in [1.82, 2.24) is 5.32 Å². The molecule has 1 aliphatic rings. The van der Waals surface area contributed by atoms with Crippen LogP contribution in [-0.2, 0) is 0 Å². The lowest BCUT2D eigenvalue weighted by atomic mass is 9.96. The Morgan fingerprint density at radius 1 is 1.33 bits per heavy atom. The lowest BCUT2D eigenvalue weighted by Crippen LogP contribution is -2.26. The molecule has 1 aromatic carbocycles. The predicted octanol–water partition coefficient (Wildman–Crippen LogP) is 3.80. The summed E-state index contributed by atoms with van der Waals surface area (Å²) in [7, 11) is 0. The van der Waals surface area contributed by atoms with Crippen LogP contribution in [0, 0.1) is 6.92 Å². The fourth-order valence-corrected chi connectivity index (χ4v) is 3.04. The summed E-state index contributed by atoms with van der Waals surface area (Å²) in [4.78, 5) is 4.31. The first kappa shape index (κ1) is 13.5. The van der Waals surface area contributed by atoms with Crippen LogP contribution in [0.4, 0.5) is 5.69 Å². The van der Waals surface area contributed by atoms with E-state index in [1.807, 2.05) is 6.92 Å². The average Bonchev–Trinajstić information content (AvgIpc) is 2.75. The molecular formula is C13H17Cl2N3. The van der Waals surface area contributed by atoms with Gasteiger partial charge in [-0.2, -0.15) is 0 Å². The third kappa shape index (κ3) is 2.57. The Bertz CT molecular complexity index is 495. The fourth-order valence-electron chi connectivity index (χ4n) is 2.22. The molecule has 0 amide bonds. The number of halogens is 2. The Morgan fingerprint density at radius 3 is 2.61 bits per heavy atom. The van der Waals surface area contributed by atoms with E-state index in [9.17, 15) is 0 Å². The zero-order valence-electron chi connectivity index (χ0n) is 10.8. The number of anilines is 1. The van der Waals surface area contributed by atoms with Crippen molar-refractivity contribution in [1.29, 1.82) is 0 Å². The van der Waals surface area contributed by atoms with Crippen LogP contribution < -0.4 is 10.6 Å². The molecule has 0 saturated heterocycles. The van der Waals surface area contributed by atoms with E-state index < -0.39 is 0 Å². The van der Waals surface area contributed by atoms with Crippen molar-refractivity contribution in [2.75, 3.05) is 18.4 Å². The first-order valence-electron chi connectivity index (χ1n) is 6.04. The van der Waals surface area contributed by atoms with Crippen molar-refractivity contribution in [2.24, 2.45) is 4.99 Å². The van der Waals surface area contributed by atoms with E-state index in [1.165, 1.54) is 0 Å². The van der Waals surface area contributed by atoms with Gasteiger partial charge >= 0.3 is 0 Å². The van der Waals surface area contributed by atoms with Gasteiger partial charge in [0.2, 0.25) is 0 Å². The second-order valence-corrected chi connectivity index (χ2v) is 5.51. The number of hydrogen-bond acceptors (Lipinski definition) is 3. The normalized spacial score (nSPS) is 14.7. The van der Waals surface area contributed by atoms with Crippen molar-refractivity contribution in [3.63, 3.8) is 0 Å². The lowest BCUT2D eigenvalue weighted by Gasteiger charge is -2.19. The van der Waals surface area contributed by atoms with Crippen molar-refractivity contribution >= 4 is 34.8 Å². The Labute approximate surface area is 118 Å².